The van der Waals surface area contributed by atoms with Crippen molar-refractivity contribution in [2.24, 2.45) is 5.92 Å². The molecule has 2 aromatic rings. The molecule has 6 nitrogen and oxygen atoms in total. The Labute approximate surface area is 184 Å². The normalized spacial score (nSPS) is 17.2. The summed E-state index contributed by atoms with van der Waals surface area (Å²) in [4.78, 5) is 27.1. The summed E-state index contributed by atoms with van der Waals surface area (Å²) in [6.07, 6.45) is 0.254. The van der Waals surface area contributed by atoms with Crippen molar-refractivity contribution in [2.75, 3.05) is 19.7 Å². The third-order valence-electron chi connectivity index (χ3n) is 5.15. The van der Waals surface area contributed by atoms with Crippen LogP contribution in [0.5, 0.6) is 5.75 Å². The first-order chi connectivity index (χ1) is 14.8. The summed E-state index contributed by atoms with van der Waals surface area (Å²) < 4.78 is 11.0. The van der Waals surface area contributed by atoms with Crippen molar-refractivity contribution in [1.29, 1.82) is 0 Å². The van der Waals surface area contributed by atoms with E-state index in [-0.39, 0.29) is 24.0 Å². The zero-order chi connectivity index (χ0) is 22.4. The molecule has 2 unspecified atom stereocenters. The van der Waals surface area contributed by atoms with E-state index in [4.69, 9.17) is 9.47 Å². The molecule has 0 saturated carbocycles. The van der Waals surface area contributed by atoms with E-state index >= 15 is 0 Å². The van der Waals surface area contributed by atoms with Gasteiger partial charge in [0, 0.05) is 13.1 Å². The lowest BCUT2D eigenvalue weighted by molar-refractivity contribution is -0.125. The molecular formula is C25H32N2O4. The maximum atomic E-state index is 13.1. The van der Waals surface area contributed by atoms with Gasteiger partial charge in [0.2, 0.25) is 5.91 Å². The smallest absolute Gasteiger partial charge is 0.410 e. The lowest BCUT2D eigenvalue weighted by atomic mass is 9.97. The molecule has 166 valence electrons. The number of likely N-dealkylation sites (tertiary alicyclic amines) is 1. The van der Waals surface area contributed by atoms with Crippen molar-refractivity contribution in [3.8, 4) is 5.75 Å². The van der Waals surface area contributed by atoms with Crippen LogP contribution in [0.15, 0.2) is 54.6 Å². The molecule has 2 atom stereocenters. The molecule has 0 aromatic heterocycles. The fourth-order valence-corrected chi connectivity index (χ4v) is 3.65. The van der Waals surface area contributed by atoms with Gasteiger partial charge >= 0.3 is 6.09 Å². The molecule has 1 aliphatic rings. The predicted octanol–water partition coefficient (Wildman–Crippen LogP) is 4.55. The molecule has 1 aliphatic heterocycles. The van der Waals surface area contributed by atoms with E-state index in [1.54, 1.807) is 4.90 Å². The van der Waals surface area contributed by atoms with E-state index in [2.05, 4.69) is 5.32 Å². The Balaban J connectivity index is 1.71. The van der Waals surface area contributed by atoms with Crippen molar-refractivity contribution in [3.05, 3.63) is 65.7 Å². The second-order valence-corrected chi connectivity index (χ2v) is 8.77. The minimum atomic E-state index is -0.552. The summed E-state index contributed by atoms with van der Waals surface area (Å²) >= 11 is 0. The van der Waals surface area contributed by atoms with Gasteiger partial charge in [0.15, 0.2) is 0 Å². The van der Waals surface area contributed by atoms with Crippen molar-refractivity contribution >= 4 is 12.0 Å². The quantitative estimate of drug-likeness (QED) is 0.739. The Morgan fingerprint density at radius 1 is 1.06 bits per heavy atom. The Hall–Kier alpha value is -3.02. The molecular weight excluding hydrogens is 392 g/mol. The lowest BCUT2D eigenvalue weighted by Crippen LogP contribution is -2.38. The van der Waals surface area contributed by atoms with Crippen molar-refractivity contribution in [3.63, 3.8) is 0 Å². The van der Waals surface area contributed by atoms with Crippen molar-refractivity contribution < 1.29 is 19.1 Å². The van der Waals surface area contributed by atoms with Crippen LogP contribution in [0.2, 0.25) is 0 Å². The number of carbonyl (C=O) groups excluding carboxylic acids is 2. The minimum Gasteiger partial charge on any atom is -0.494 e. The summed E-state index contributed by atoms with van der Waals surface area (Å²) in [5, 5.41) is 3.19. The van der Waals surface area contributed by atoms with E-state index in [9.17, 15) is 9.59 Å². The fourth-order valence-electron chi connectivity index (χ4n) is 3.65. The number of rotatable bonds is 6. The number of ether oxygens (including phenoxy) is 2. The van der Waals surface area contributed by atoms with Gasteiger partial charge < -0.3 is 19.7 Å². The number of nitrogens with one attached hydrogen (secondary N) is 1. The average molecular weight is 425 g/mol. The fraction of sp³-hybridized carbons (Fsp3) is 0.440. The maximum absolute atomic E-state index is 13.1. The van der Waals surface area contributed by atoms with Gasteiger partial charge in [0.1, 0.15) is 11.4 Å². The van der Waals surface area contributed by atoms with Crippen LogP contribution < -0.4 is 10.1 Å². The standard InChI is InChI=1S/C25H32N2O4/c1-5-30-21-13-11-19(12-14-21)22(18-9-7-6-8-10-18)26-23(28)20-15-16-27(17-20)24(29)31-25(2,3)4/h6-14,20,22H,5,15-17H2,1-4H3,(H,26,28). The summed E-state index contributed by atoms with van der Waals surface area (Å²) in [5.41, 5.74) is 1.43. The first kappa shape index (κ1) is 22.7. The number of carbonyl (C=O) groups is 2. The highest BCUT2D eigenvalue weighted by Crippen LogP contribution is 2.26. The molecule has 0 spiro atoms. The molecule has 2 amide bonds. The molecule has 0 bridgehead atoms. The van der Waals surface area contributed by atoms with E-state index in [1.165, 1.54) is 0 Å². The van der Waals surface area contributed by atoms with Crippen LogP contribution in [0.3, 0.4) is 0 Å². The van der Waals surface area contributed by atoms with Crippen molar-refractivity contribution in [1.82, 2.24) is 10.2 Å². The van der Waals surface area contributed by atoms with E-state index in [1.807, 2.05) is 82.3 Å². The molecule has 6 heteroatoms. The van der Waals surface area contributed by atoms with Gasteiger partial charge in [-0.3, -0.25) is 4.79 Å². The Morgan fingerprint density at radius 3 is 2.32 bits per heavy atom. The second-order valence-electron chi connectivity index (χ2n) is 8.77. The van der Waals surface area contributed by atoms with Gasteiger partial charge in [0.25, 0.3) is 0 Å². The van der Waals surface area contributed by atoms with Gasteiger partial charge in [-0.15, -0.1) is 0 Å². The van der Waals surface area contributed by atoms with Gasteiger partial charge in [-0.1, -0.05) is 42.5 Å². The predicted molar refractivity (Wildman–Crippen MR) is 120 cm³/mol. The zero-order valence-electron chi connectivity index (χ0n) is 18.8. The maximum Gasteiger partial charge on any atom is 0.410 e. The number of nitrogens with zero attached hydrogens (tertiary/aromatic N) is 1. The van der Waals surface area contributed by atoms with Crippen LogP contribution in [0.4, 0.5) is 4.79 Å². The first-order valence-electron chi connectivity index (χ1n) is 10.8. The molecule has 1 N–H and O–H groups in total. The molecule has 1 fully saturated rings. The highest BCUT2D eigenvalue weighted by Gasteiger charge is 2.34. The molecule has 0 radical (unpaired) electrons. The van der Waals surface area contributed by atoms with E-state index in [0.717, 1.165) is 16.9 Å². The van der Waals surface area contributed by atoms with Gasteiger partial charge in [0.05, 0.1) is 18.6 Å². The third kappa shape index (κ3) is 6.23. The topological polar surface area (TPSA) is 67.9 Å². The number of hydrogen-bond acceptors (Lipinski definition) is 4. The Bertz CT molecular complexity index is 875. The molecule has 0 aliphatic carbocycles. The summed E-state index contributed by atoms with van der Waals surface area (Å²) in [5.74, 6) is 0.475. The third-order valence-corrected chi connectivity index (χ3v) is 5.15. The van der Waals surface area contributed by atoms with Gasteiger partial charge in [-0.05, 0) is 57.4 Å². The zero-order valence-corrected chi connectivity index (χ0v) is 18.8. The largest absolute Gasteiger partial charge is 0.494 e. The highest BCUT2D eigenvalue weighted by atomic mass is 16.6. The van der Waals surface area contributed by atoms with Crippen LogP contribution in [-0.2, 0) is 9.53 Å². The first-order valence-corrected chi connectivity index (χ1v) is 10.8. The van der Waals surface area contributed by atoms with Crippen LogP contribution in [0.25, 0.3) is 0 Å². The molecule has 2 aromatic carbocycles. The molecule has 1 saturated heterocycles. The van der Waals surface area contributed by atoms with Gasteiger partial charge in [-0.2, -0.15) is 0 Å². The Kier molecular flexibility index (Phi) is 7.21. The lowest BCUT2D eigenvalue weighted by Gasteiger charge is -2.25. The van der Waals surface area contributed by atoms with Crippen LogP contribution in [0.1, 0.15) is 51.3 Å². The van der Waals surface area contributed by atoms with Crippen LogP contribution in [0, 0.1) is 5.92 Å². The van der Waals surface area contributed by atoms with Crippen LogP contribution in [-0.4, -0.2) is 42.2 Å². The monoisotopic (exact) mass is 424 g/mol. The highest BCUT2D eigenvalue weighted by molar-refractivity contribution is 5.81. The average Bonchev–Trinajstić information content (AvgIpc) is 3.23. The second kappa shape index (κ2) is 9.86. The molecule has 31 heavy (non-hydrogen) atoms. The summed E-state index contributed by atoms with van der Waals surface area (Å²) in [7, 11) is 0. The number of hydrogen-bond donors (Lipinski definition) is 1. The van der Waals surface area contributed by atoms with E-state index < -0.39 is 5.60 Å². The molecule has 3 rings (SSSR count). The van der Waals surface area contributed by atoms with E-state index in [0.29, 0.717) is 26.1 Å². The molecule has 1 heterocycles. The minimum absolute atomic E-state index is 0.0613. The number of benzene rings is 2. The summed E-state index contributed by atoms with van der Waals surface area (Å²) in [6.45, 7) is 8.96. The Morgan fingerprint density at radius 2 is 1.71 bits per heavy atom. The van der Waals surface area contributed by atoms with Crippen molar-refractivity contribution in [2.45, 2.75) is 45.8 Å². The van der Waals surface area contributed by atoms with Crippen LogP contribution >= 0.6 is 0 Å². The van der Waals surface area contributed by atoms with Gasteiger partial charge in [-0.25, -0.2) is 4.79 Å². The SMILES string of the molecule is CCOc1ccc(C(NC(=O)C2CCN(C(=O)OC(C)(C)C)C2)c2ccccc2)cc1. The summed E-state index contributed by atoms with van der Waals surface area (Å²) in [6, 6.07) is 17.4. The number of amides is 2.